The van der Waals surface area contributed by atoms with Crippen LogP contribution < -0.4 is 10.0 Å². The van der Waals surface area contributed by atoms with Crippen molar-refractivity contribution in [1.29, 1.82) is 0 Å². The fourth-order valence-electron chi connectivity index (χ4n) is 2.76. The van der Waals surface area contributed by atoms with E-state index < -0.39 is 21.8 Å². The number of benzene rings is 1. The number of carbonyl (C=O) groups is 1. The van der Waals surface area contributed by atoms with E-state index in [1.54, 1.807) is 0 Å². The Labute approximate surface area is 138 Å². The molecule has 2 rings (SSSR count). The van der Waals surface area contributed by atoms with E-state index in [1.165, 1.54) is 12.1 Å². The Morgan fingerprint density at radius 2 is 1.62 bits per heavy atom. The maximum absolute atomic E-state index is 12.5. The Kier molecular flexibility index (Phi) is 5.54. The summed E-state index contributed by atoms with van der Waals surface area (Å²) < 4.78 is 62.4. The number of hydrogen-bond donors (Lipinski definition) is 2. The highest BCUT2D eigenvalue weighted by atomic mass is 32.2. The fraction of sp³-hybridized carbons (Fsp3) is 0.533. The number of hydrogen-bond acceptors (Lipinski definition) is 3. The van der Waals surface area contributed by atoms with Crippen LogP contribution in [0.5, 0.6) is 0 Å². The van der Waals surface area contributed by atoms with Gasteiger partial charge in [-0.3, -0.25) is 4.79 Å². The van der Waals surface area contributed by atoms with E-state index >= 15 is 0 Å². The third-order valence-corrected chi connectivity index (χ3v) is 4.72. The molecule has 1 amide bonds. The van der Waals surface area contributed by atoms with E-state index in [2.05, 4.69) is 10.0 Å². The van der Waals surface area contributed by atoms with Gasteiger partial charge in [0.05, 0.1) is 11.8 Å². The zero-order chi connectivity index (χ0) is 18.0. The van der Waals surface area contributed by atoms with Gasteiger partial charge in [0.2, 0.25) is 15.9 Å². The lowest BCUT2D eigenvalue weighted by atomic mass is 9.86. The van der Waals surface area contributed by atoms with Gasteiger partial charge in [-0.1, -0.05) is 0 Å². The van der Waals surface area contributed by atoms with Crippen LogP contribution in [0, 0.1) is 5.92 Å². The van der Waals surface area contributed by atoms with Gasteiger partial charge in [-0.2, -0.15) is 13.2 Å². The summed E-state index contributed by atoms with van der Waals surface area (Å²) in [7, 11) is -3.27. The molecule has 9 heteroatoms. The Morgan fingerprint density at radius 3 is 2.08 bits per heavy atom. The maximum Gasteiger partial charge on any atom is 0.416 e. The third kappa shape index (κ3) is 5.48. The van der Waals surface area contributed by atoms with Gasteiger partial charge in [-0.05, 0) is 49.9 Å². The molecule has 0 aromatic heterocycles. The molecular weight excluding hydrogens is 345 g/mol. The summed E-state index contributed by atoms with van der Waals surface area (Å²) in [5.41, 5.74) is -0.461. The van der Waals surface area contributed by atoms with Crippen LogP contribution in [0.4, 0.5) is 18.9 Å². The van der Waals surface area contributed by atoms with Crippen LogP contribution in [0.2, 0.25) is 0 Å². The molecule has 1 fully saturated rings. The van der Waals surface area contributed by atoms with Gasteiger partial charge in [0.15, 0.2) is 0 Å². The summed E-state index contributed by atoms with van der Waals surface area (Å²) in [5, 5.41) is 2.61. The molecule has 0 atom stereocenters. The lowest BCUT2D eigenvalue weighted by molar-refractivity contribution is -0.137. The largest absolute Gasteiger partial charge is 0.416 e. The lowest BCUT2D eigenvalue weighted by Gasteiger charge is -2.27. The highest BCUT2D eigenvalue weighted by molar-refractivity contribution is 7.88. The normalized spacial score (nSPS) is 22.2. The Morgan fingerprint density at radius 1 is 1.08 bits per heavy atom. The Bertz CT molecular complexity index is 679. The number of nitrogens with one attached hydrogen (secondary N) is 2. The first kappa shape index (κ1) is 18.7. The van der Waals surface area contributed by atoms with E-state index in [9.17, 15) is 26.4 Å². The van der Waals surface area contributed by atoms with Crippen molar-refractivity contribution in [3.63, 3.8) is 0 Å². The molecule has 134 valence electrons. The molecule has 0 aliphatic heterocycles. The molecule has 0 spiro atoms. The van der Waals surface area contributed by atoms with Crippen LogP contribution >= 0.6 is 0 Å². The van der Waals surface area contributed by atoms with Crippen molar-refractivity contribution in [3.05, 3.63) is 29.8 Å². The van der Waals surface area contributed by atoms with Crippen LogP contribution in [-0.2, 0) is 21.0 Å². The second-order valence-electron chi connectivity index (χ2n) is 6.00. The Hall–Kier alpha value is -1.61. The van der Waals surface area contributed by atoms with Crippen LogP contribution in [0.1, 0.15) is 31.2 Å². The maximum atomic E-state index is 12.5. The molecule has 1 aromatic rings. The van der Waals surface area contributed by atoms with Gasteiger partial charge < -0.3 is 5.32 Å². The minimum atomic E-state index is -4.41. The zero-order valence-corrected chi connectivity index (χ0v) is 13.9. The van der Waals surface area contributed by atoms with Gasteiger partial charge >= 0.3 is 6.18 Å². The van der Waals surface area contributed by atoms with Crippen LogP contribution in [0.25, 0.3) is 0 Å². The number of amides is 1. The summed E-state index contributed by atoms with van der Waals surface area (Å²) in [6.07, 6.45) is -1.15. The van der Waals surface area contributed by atoms with Crippen molar-refractivity contribution < 1.29 is 26.4 Å². The van der Waals surface area contributed by atoms with Crippen LogP contribution in [0.3, 0.4) is 0 Å². The van der Waals surface area contributed by atoms with Crippen molar-refractivity contribution in [1.82, 2.24) is 4.72 Å². The molecule has 0 heterocycles. The number of carbonyl (C=O) groups excluding carboxylic acids is 1. The molecule has 0 unspecified atom stereocenters. The average molecular weight is 364 g/mol. The summed E-state index contributed by atoms with van der Waals surface area (Å²) >= 11 is 0. The molecule has 1 aliphatic carbocycles. The van der Waals surface area contributed by atoms with Crippen LogP contribution in [0.15, 0.2) is 24.3 Å². The molecule has 24 heavy (non-hydrogen) atoms. The van der Waals surface area contributed by atoms with Crippen molar-refractivity contribution in [3.8, 4) is 0 Å². The SMILES string of the molecule is CS(=O)(=O)N[C@H]1CC[C@H](C(=O)Nc2ccc(C(F)(F)F)cc2)CC1. The monoisotopic (exact) mass is 364 g/mol. The van der Waals surface area contributed by atoms with Crippen LogP contribution in [-0.4, -0.2) is 26.6 Å². The summed E-state index contributed by atoms with van der Waals surface area (Å²) in [6, 6.07) is 4.11. The quantitative estimate of drug-likeness (QED) is 0.863. The molecule has 0 saturated heterocycles. The second kappa shape index (κ2) is 7.10. The number of rotatable bonds is 4. The highest BCUT2D eigenvalue weighted by Gasteiger charge is 2.30. The summed E-state index contributed by atoms with van der Waals surface area (Å²) in [4.78, 5) is 12.2. The first-order chi connectivity index (χ1) is 11.0. The smallest absolute Gasteiger partial charge is 0.326 e. The van der Waals surface area contributed by atoms with E-state index in [0.717, 1.165) is 18.4 Å². The topological polar surface area (TPSA) is 75.3 Å². The van der Waals surface area contributed by atoms with E-state index in [4.69, 9.17) is 0 Å². The first-order valence-corrected chi connectivity index (χ1v) is 9.39. The van der Waals surface area contributed by atoms with Gasteiger partial charge in [0.25, 0.3) is 0 Å². The lowest BCUT2D eigenvalue weighted by Crippen LogP contribution is -2.39. The molecule has 1 saturated carbocycles. The number of sulfonamides is 1. The van der Waals surface area contributed by atoms with Crippen molar-refractivity contribution in [2.75, 3.05) is 11.6 Å². The average Bonchev–Trinajstić information content (AvgIpc) is 2.46. The molecule has 0 radical (unpaired) electrons. The molecule has 5 nitrogen and oxygen atoms in total. The van der Waals surface area contributed by atoms with E-state index in [1.807, 2.05) is 0 Å². The predicted octanol–water partition coefficient (Wildman–Crippen LogP) is 2.75. The first-order valence-electron chi connectivity index (χ1n) is 7.50. The van der Waals surface area contributed by atoms with Gasteiger partial charge in [-0.15, -0.1) is 0 Å². The van der Waals surface area contributed by atoms with Gasteiger partial charge in [0, 0.05) is 17.6 Å². The van der Waals surface area contributed by atoms with Crippen molar-refractivity contribution in [2.45, 2.75) is 37.9 Å². The second-order valence-corrected chi connectivity index (χ2v) is 7.78. The molecule has 0 bridgehead atoms. The zero-order valence-electron chi connectivity index (χ0n) is 13.1. The van der Waals surface area contributed by atoms with Gasteiger partial charge in [0.1, 0.15) is 0 Å². The number of anilines is 1. The Balaban J connectivity index is 1.88. The van der Waals surface area contributed by atoms with Crippen molar-refractivity contribution >= 4 is 21.6 Å². The summed E-state index contributed by atoms with van der Waals surface area (Å²) in [6.45, 7) is 0. The summed E-state index contributed by atoms with van der Waals surface area (Å²) in [5.74, 6) is -0.530. The fourth-order valence-corrected chi connectivity index (χ4v) is 3.60. The molecule has 2 N–H and O–H groups in total. The third-order valence-electron chi connectivity index (χ3n) is 3.96. The minimum Gasteiger partial charge on any atom is -0.326 e. The minimum absolute atomic E-state index is 0.171. The molecule has 1 aliphatic rings. The number of alkyl halides is 3. The van der Waals surface area contributed by atoms with Gasteiger partial charge in [-0.25, -0.2) is 13.1 Å². The molecular formula is C15H19F3N2O3S. The predicted molar refractivity (Wildman–Crippen MR) is 83.8 cm³/mol. The highest BCUT2D eigenvalue weighted by Crippen LogP contribution is 2.30. The van der Waals surface area contributed by atoms with Crippen molar-refractivity contribution in [2.24, 2.45) is 5.92 Å². The number of halogens is 3. The molecule has 1 aromatic carbocycles. The van der Waals surface area contributed by atoms with E-state index in [0.29, 0.717) is 31.4 Å². The van der Waals surface area contributed by atoms with E-state index in [-0.39, 0.29) is 17.9 Å². The standard InChI is InChI=1S/C15H19F3N2O3S/c1-24(22,23)20-13-6-2-10(3-7-13)14(21)19-12-8-4-11(5-9-12)15(16,17)18/h4-5,8-10,13,20H,2-3,6-7H2,1H3,(H,19,21)/t10-,13-.